The van der Waals surface area contributed by atoms with E-state index in [-0.39, 0.29) is 5.91 Å². The van der Waals surface area contributed by atoms with Crippen LogP contribution in [0.4, 0.5) is 11.4 Å². The third-order valence-corrected chi connectivity index (χ3v) is 3.44. The predicted molar refractivity (Wildman–Crippen MR) is 81.9 cm³/mol. The van der Waals surface area contributed by atoms with Crippen LogP contribution in [0, 0.1) is 0 Å². The highest BCUT2D eigenvalue weighted by molar-refractivity contribution is 9.10. The summed E-state index contributed by atoms with van der Waals surface area (Å²) < 4.78 is 0.828. The van der Waals surface area contributed by atoms with Crippen LogP contribution in [0.5, 0.6) is 0 Å². The molecule has 0 spiro atoms. The van der Waals surface area contributed by atoms with Gasteiger partial charge in [0, 0.05) is 16.6 Å². The number of carbonyl (C=O) groups is 1. The number of halogens is 1. The van der Waals surface area contributed by atoms with Gasteiger partial charge in [0.15, 0.2) is 0 Å². The zero-order chi connectivity index (χ0) is 13.7. The molecule has 0 radical (unpaired) electrons. The third kappa shape index (κ3) is 4.10. The first-order valence-corrected chi connectivity index (χ1v) is 6.83. The molecule has 0 heterocycles. The fraction of sp³-hybridized carbons (Fsp3) is 0.133. The van der Waals surface area contributed by atoms with Crippen molar-refractivity contribution in [1.82, 2.24) is 0 Å². The molecule has 0 aromatic heterocycles. The molecule has 0 atom stereocenters. The van der Waals surface area contributed by atoms with Crippen LogP contribution in [0.2, 0.25) is 0 Å². The van der Waals surface area contributed by atoms with E-state index in [1.165, 1.54) is 0 Å². The predicted octanol–water partition coefficient (Wildman–Crippen LogP) is 3.60. The summed E-state index contributed by atoms with van der Waals surface area (Å²) in [5.41, 5.74) is 8.19. The van der Waals surface area contributed by atoms with Gasteiger partial charge in [-0.1, -0.05) is 30.3 Å². The van der Waals surface area contributed by atoms with E-state index in [2.05, 4.69) is 21.2 Å². The molecule has 0 aliphatic carbocycles. The highest BCUT2D eigenvalue weighted by Gasteiger charge is 2.06. The molecule has 3 N–H and O–H groups in total. The van der Waals surface area contributed by atoms with Crippen molar-refractivity contribution in [2.24, 2.45) is 0 Å². The van der Waals surface area contributed by atoms with Crippen molar-refractivity contribution in [3.05, 3.63) is 58.6 Å². The molecule has 0 aliphatic rings. The van der Waals surface area contributed by atoms with Crippen LogP contribution in [0.3, 0.4) is 0 Å². The zero-order valence-electron chi connectivity index (χ0n) is 10.4. The molecule has 0 aliphatic heterocycles. The first kappa shape index (κ1) is 13.6. The standard InChI is InChI=1S/C15H15BrN2O/c16-13-8-7-12(17)10-14(13)18-15(19)9-6-11-4-2-1-3-5-11/h1-5,7-8,10H,6,9,17H2,(H,18,19). The van der Waals surface area contributed by atoms with Crippen LogP contribution < -0.4 is 11.1 Å². The number of anilines is 2. The Morgan fingerprint density at radius 3 is 2.63 bits per heavy atom. The van der Waals surface area contributed by atoms with Gasteiger partial charge in [-0.25, -0.2) is 0 Å². The smallest absolute Gasteiger partial charge is 0.224 e. The summed E-state index contributed by atoms with van der Waals surface area (Å²) in [4.78, 5) is 11.9. The zero-order valence-corrected chi connectivity index (χ0v) is 12.0. The lowest BCUT2D eigenvalue weighted by molar-refractivity contribution is -0.116. The monoisotopic (exact) mass is 318 g/mol. The van der Waals surface area contributed by atoms with Crippen LogP contribution in [0.15, 0.2) is 53.0 Å². The molecule has 0 bridgehead atoms. The van der Waals surface area contributed by atoms with Crippen molar-refractivity contribution in [1.29, 1.82) is 0 Å². The lowest BCUT2D eigenvalue weighted by Gasteiger charge is -2.08. The van der Waals surface area contributed by atoms with Crippen molar-refractivity contribution < 1.29 is 4.79 Å². The molecule has 2 aromatic rings. The largest absolute Gasteiger partial charge is 0.399 e. The molecule has 0 unspecified atom stereocenters. The fourth-order valence-corrected chi connectivity index (χ4v) is 2.10. The lowest BCUT2D eigenvalue weighted by atomic mass is 10.1. The summed E-state index contributed by atoms with van der Waals surface area (Å²) >= 11 is 3.38. The van der Waals surface area contributed by atoms with Crippen molar-refractivity contribution in [2.45, 2.75) is 12.8 Å². The van der Waals surface area contributed by atoms with Gasteiger partial charge in [-0.3, -0.25) is 4.79 Å². The van der Waals surface area contributed by atoms with Gasteiger partial charge in [-0.15, -0.1) is 0 Å². The Labute approximate surface area is 121 Å². The minimum absolute atomic E-state index is 0.0184. The molecule has 2 rings (SSSR count). The van der Waals surface area contributed by atoms with Crippen molar-refractivity contribution in [2.75, 3.05) is 11.1 Å². The molecule has 0 fully saturated rings. The summed E-state index contributed by atoms with van der Waals surface area (Å²) in [7, 11) is 0. The van der Waals surface area contributed by atoms with Crippen LogP contribution in [-0.2, 0) is 11.2 Å². The Morgan fingerprint density at radius 2 is 1.89 bits per heavy atom. The van der Waals surface area contributed by atoms with Crippen LogP contribution in [0.25, 0.3) is 0 Å². The maximum absolute atomic E-state index is 11.9. The second kappa shape index (κ2) is 6.38. The minimum Gasteiger partial charge on any atom is -0.399 e. The van der Waals surface area contributed by atoms with E-state index in [1.807, 2.05) is 36.4 Å². The van der Waals surface area contributed by atoms with Gasteiger partial charge in [0.05, 0.1) is 5.69 Å². The van der Waals surface area contributed by atoms with E-state index in [1.54, 1.807) is 12.1 Å². The molecular weight excluding hydrogens is 304 g/mol. The first-order valence-electron chi connectivity index (χ1n) is 6.04. The summed E-state index contributed by atoms with van der Waals surface area (Å²) in [6, 6.07) is 15.3. The molecule has 3 nitrogen and oxygen atoms in total. The van der Waals surface area contributed by atoms with Crippen LogP contribution in [0.1, 0.15) is 12.0 Å². The third-order valence-electron chi connectivity index (χ3n) is 2.75. The van der Waals surface area contributed by atoms with E-state index in [9.17, 15) is 4.79 Å². The van der Waals surface area contributed by atoms with Gasteiger partial charge in [0.25, 0.3) is 0 Å². The Kier molecular flexibility index (Phi) is 4.58. The number of hydrogen-bond donors (Lipinski definition) is 2. The topological polar surface area (TPSA) is 55.1 Å². The minimum atomic E-state index is -0.0184. The Balaban J connectivity index is 1.93. The van der Waals surface area contributed by atoms with Gasteiger partial charge in [0.2, 0.25) is 5.91 Å². The molecule has 19 heavy (non-hydrogen) atoms. The Hall–Kier alpha value is -1.81. The Morgan fingerprint density at radius 1 is 1.16 bits per heavy atom. The van der Waals surface area contributed by atoms with Crippen molar-refractivity contribution >= 4 is 33.2 Å². The summed E-state index contributed by atoms with van der Waals surface area (Å²) in [6.07, 6.45) is 1.18. The molecule has 4 heteroatoms. The molecule has 0 saturated heterocycles. The number of carbonyl (C=O) groups excluding carboxylic acids is 1. The SMILES string of the molecule is Nc1ccc(Br)c(NC(=O)CCc2ccccc2)c1. The molecule has 2 aromatic carbocycles. The number of rotatable bonds is 4. The number of amides is 1. The quantitative estimate of drug-likeness (QED) is 0.846. The molecule has 1 amide bonds. The van der Waals surface area contributed by atoms with E-state index < -0.39 is 0 Å². The van der Waals surface area contributed by atoms with Gasteiger partial charge in [-0.2, -0.15) is 0 Å². The lowest BCUT2D eigenvalue weighted by Crippen LogP contribution is -2.12. The number of nitrogens with two attached hydrogens (primary N) is 1. The maximum atomic E-state index is 11.9. The van der Waals surface area contributed by atoms with E-state index in [0.717, 1.165) is 16.5 Å². The molecule has 0 saturated carbocycles. The van der Waals surface area contributed by atoms with Crippen LogP contribution in [-0.4, -0.2) is 5.91 Å². The van der Waals surface area contributed by atoms with Gasteiger partial charge >= 0.3 is 0 Å². The van der Waals surface area contributed by atoms with Crippen molar-refractivity contribution in [3.63, 3.8) is 0 Å². The van der Waals surface area contributed by atoms with E-state index in [0.29, 0.717) is 17.8 Å². The van der Waals surface area contributed by atoms with E-state index in [4.69, 9.17) is 5.73 Å². The number of nitrogens with one attached hydrogen (secondary N) is 1. The summed E-state index contributed by atoms with van der Waals surface area (Å²) in [5.74, 6) is -0.0184. The average Bonchev–Trinajstić information content (AvgIpc) is 2.42. The molecular formula is C15H15BrN2O. The number of benzene rings is 2. The highest BCUT2D eigenvalue weighted by Crippen LogP contribution is 2.24. The first-order chi connectivity index (χ1) is 9.15. The maximum Gasteiger partial charge on any atom is 0.224 e. The summed E-state index contributed by atoms with van der Waals surface area (Å²) in [6.45, 7) is 0. The van der Waals surface area contributed by atoms with Crippen molar-refractivity contribution in [3.8, 4) is 0 Å². The van der Waals surface area contributed by atoms with E-state index >= 15 is 0 Å². The van der Waals surface area contributed by atoms with Gasteiger partial charge in [0.1, 0.15) is 0 Å². The highest BCUT2D eigenvalue weighted by atomic mass is 79.9. The number of nitrogen functional groups attached to an aromatic ring is 1. The number of aryl methyl sites for hydroxylation is 1. The van der Waals surface area contributed by atoms with Crippen LogP contribution >= 0.6 is 15.9 Å². The number of hydrogen-bond acceptors (Lipinski definition) is 2. The van der Waals surface area contributed by atoms with Gasteiger partial charge in [-0.05, 0) is 46.1 Å². The fourth-order valence-electron chi connectivity index (χ4n) is 1.75. The Bertz CT molecular complexity index is 570. The second-order valence-corrected chi connectivity index (χ2v) is 5.13. The normalized spacial score (nSPS) is 10.2. The average molecular weight is 319 g/mol. The second-order valence-electron chi connectivity index (χ2n) is 4.27. The summed E-state index contributed by atoms with van der Waals surface area (Å²) in [5, 5.41) is 2.86. The molecule has 98 valence electrons. The van der Waals surface area contributed by atoms with Gasteiger partial charge < -0.3 is 11.1 Å².